The number of carboxylic acid groups (broad SMARTS) is 1. The number of carbonyl (C=O) groups is 1. The maximum absolute atomic E-state index is 11.5. The standard InChI is InChI=1S/C14H29NO2/c1-5-8-9-10-11-12-14(4,13(16)17)15(6-2)7-3/h5-12H2,1-4H3,(H,16,17). The van der Waals surface area contributed by atoms with Gasteiger partial charge in [-0.3, -0.25) is 9.69 Å². The Morgan fingerprint density at radius 3 is 2.00 bits per heavy atom. The van der Waals surface area contributed by atoms with Crippen LogP contribution in [-0.4, -0.2) is 34.6 Å². The summed E-state index contributed by atoms with van der Waals surface area (Å²) in [6, 6.07) is 0. The van der Waals surface area contributed by atoms with E-state index in [2.05, 4.69) is 11.8 Å². The molecule has 0 spiro atoms. The molecule has 17 heavy (non-hydrogen) atoms. The maximum atomic E-state index is 11.5. The molecule has 1 unspecified atom stereocenters. The van der Waals surface area contributed by atoms with E-state index in [1.807, 2.05) is 20.8 Å². The van der Waals surface area contributed by atoms with E-state index < -0.39 is 11.5 Å². The third-order valence-electron chi connectivity index (χ3n) is 3.69. The first kappa shape index (κ1) is 16.4. The highest BCUT2D eigenvalue weighted by atomic mass is 16.4. The number of carboxylic acids is 1. The minimum atomic E-state index is -0.685. The van der Waals surface area contributed by atoms with Gasteiger partial charge >= 0.3 is 5.97 Å². The number of nitrogens with zero attached hydrogens (tertiary/aromatic N) is 1. The first-order valence-corrected chi connectivity index (χ1v) is 7.01. The Bertz CT molecular complexity index is 214. The molecule has 0 amide bonds. The fourth-order valence-corrected chi connectivity index (χ4v) is 2.39. The molecule has 102 valence electrons. The van der Waals surface area contributed by atoms with Crippen molar-refractivity contribution < 1.29 is 9.90 Å². The topological polar surface area (TPSA) is 40.5 Å². The van der Waals surface area contributed by atoms with E-state index in [4.69, 9.17) is 0 Å². The van der Waals surface area contributed by atoms with Crippen molar-refractivity contribution in [2.75, 3.05) is 13.1 Å². The molecule has 3 heteroatoms. The summed E-state index contributed by atoms with van der Waals surface area (Å²) in [5.74, 6) is -0.684. The van der Waals surface area contributed by atoms with Gasteiger partial charge in [0.1, 0.15) is 5.54 Å². The molecule has 0 aliphatic carbocycles. The lowest BCUT2D eigenvalue weighted by Crippen LogP contribution is -2.52. The van der Waals surface area contributed by atoms with Crippen molar-refractivity contribution >= 4 is 5.97 Å². The van der Waals surface area contributed by atoms with Crippen LogP contribution in [0, 0.1) is 0 Å². The molecule has 0 saturated heterocycles. The minimum absolute atomic E-state index is 0.684. The zero-order valence-corrected chi connectivity index (χ0v) is 12.0. The number of rotatable bonds is 10. The molecular formula is C14H29NO2. The third-order valence-corrected chi connectivity index (χ3v) is 3.69. The second kappa shape index (κ2) is 8.51. The van der Waals surface area contributed by atoms with Crippen LogP contribution in [0.15, 0.2) is 0 Å². The van der Waals surface area contributed by atoms with Gasteiger partial charge in [-0.1, -0.05) is 52.9 Å². The van der Waals surface area contributed by atoms with E-state index in [0.717, 1.165) is 32.4 Å². The van der Waals surface area contributed by atoms with E-state index in [0.29, 0.717) is 0 Å². The molecule has 0 aromatic carbocycles. The fourth-order valence-electron chi connectivity index (χ4n) is 2.39. The quantitative estimate of drug-likeness (QED) is 0.597. The highest BCUT2D eigenvalue weighted by Crippen LogP contribution is 2.23. The normalized spacial score (nSPS) is 14.9. The Morgan fingerprint density at radius 1 is 1.06 bits per heavy atom. The van der Waals surface area contributed by atoms with Gasteiger partial charge < -0.3 is 5.11 Å². The minimum Gasteiger partial charge on any atom is -0.480 e. The van der Waals surface area contributed by atoms with Crippen molar-refractivity contribution in [1.82, 2.24) is 4.90 Å². The summed E-state index contributed by atoms with van der Waals surface area (Å²) in [4.78, 5) is 13.5. The predicted octanol–water partition coefficient (Wildman–Crippen LogP) is 3.53. The smallest absolute Gasteiger partial charge is 0.323 e. The summed E-state index contributed by atoms with van der Waals surface area (Å²) in [6.07, 6.45) is 6.64. The highest BCUT2D eigenvalue weighted by molar-refractivity contribution is 5.78. The number of unbranched alkanes of at least 4 members (excludes halogenated alkanes) is 4. The van der Waals surface area contributed by atoms with E-state index in [9.17, 15) is 9.90 Å². The number of hydrogen-bond acceptors (Lipinski definition) is 2. The van der Waals surface area contributed by atoms with E-state index in [1.165, 1.54) is 19.3 Å². The Hall–Kier alpha value is -0.570. The molecule has 0 fully saturated rings. The van der Waals surface area contributed by atoms with Gasteiger partial charge in [0.15, 0.2) is 0 Å². The van der Waals surface area contributed by atoms with Crippen molar-refractivity contribution in [1.29, 1.82) is 0 Å². The zero-order chi connectivity index (χ0) is 13.3. The monoisotopic (exact) mass is 243 g/mol. The Kier molecular flexibility index (Phi) is 8.23. The number of hydrogen-bond donors (Lipinski definition) is 1. The zero-order valence-electron chi connectivity index (χ0n) is 12.0. The molecule has 3 nitrogen and oxygen atoms in total. The van der Waals surface area contributed by atoms with Crippen molar-refractivity contribution in [3.63, 3.8) is 0 Å². The molecule has 0 aliphatic rings. The first-order valence-electron chi connectivity index (χ1n) is 7.01. The van der Waals surface area contributed by atoms with Crippen LogP contribution in [0.5, 0.6) is 0 Å². The van der Waals surface area contributed by atoms with E-state index in [1.54, 1.807) is 0 Å². The van der Waals surface area contributed by atoms with Crippen LogP contribution in [0.2, 0.25) is 0 Å². The van der Waals surface area contributed by atoms with Crippen molar-refractivity contribution in [2.24, 2.45) is 0 Å². The van der Waals surface area contributed by atoms with Gasteiger partial charge in [-0.15, -0.1) is 0 Å². The van der Waals surface area contributed by atoms with Crippen LogP contribution in [-0.2, 0) is 4.79 Å². The van der Waals surface area contributed by atoms with Gasteiger partial charge in [0.2, 0.25) is 0 Å². The molecule has 0 rings (SSSR count). The predicted molar refractivity (Wildman–Crippen MR) is 72.3 cm³/mol. The van der Waals surface area contributed by atoms with Gasteiger partial charge in [0.25, 0.3) is 0 Å². The maximum Gasteiger partial charge on any atom is 0.323 e. The summed E-state index contributed by atoms with van der Waals surface area (Å²) in [5, 5.41) is 9.43. The second-order valence-electron chi connectivity index (χ2n) is 4.92. The molecule has 0 radical (unpaired) electrons. The second-order valence-corrected chi connectivity index (χ2v) is 4.92. The summed E-state index contributed by atoms with van der Waals surface area (Å²) in [5.41, 5.74) is -0.685. The highest BCUT2D eigenvalue weighted by Gasteiger charge is 2.37. The summed E-state index contributed by atoms with van der Waals surface area (Å²) < 4.78 is 0. The fraction of sp³-hybridized carbons (Fsp3) is 0.929. The molecule has 0 bridgehead atoms. The number of likely N-dealkylation sites (N-methyl/N-ethyl adjacent to an activating group) is 1. The molecule has 0 aromatic rings. The van der Waals surface area contributed by atoms with Crippen LogP contribution < -0.4 is 0 Å². The molecule has 1 atom stereocenters. The summed E-state index contributed by atoms with van der Waals surface area (Å²) in [7, 11) is 0. The van der Waals surface area contributed by atoms with Crippen molar-refractivity contribution in [3.8, 4) is 0 Å². The van der Waals surface area contributed by atoms with Crippen molar-refractivity contribution in [3.05, 3.63) is 0 Å². The van der Waals surface area contributed by atoms with Crippen LogP contribution >= 0.6 is 0 Å². The molecule has 0 aromatic heterocycles. The molecular weight excluding hydrogens is 214 g/mol. The lowest BCUT2D eigenvalue weighted by molar-refractivity contribution is -0.151. The van der Waals surface area contributed by atoms with Crippen molar-refractivity contribution in [2.45, 2.75) is 71.8 Å². The van der Waals surface area contributed by atoms with Gasteiger partial charge in [-0.05, 0) is 26.4 Å². The van der Waals surface area contributed by atoms with Crippen LogP contribution in [0.25, 0.3) is 0 Å². The van der Waals surface area contributed by atoms with Crippen LogP contribution in [0.3, 0.4) is 0 Å². The summed E-state index contributed by atoms with van der Waals surface area (Å²) in [6.45, 7) is 9.71. The Labute approximate surface area is 106 Å². The third kappa shape index (κ3) is 5.07. The van der Waals surface area contributed by atoms with Gasteiger partial charge in [0.05, 0.1) is 0 Å². The van der Waals surface area contributed by atoms with E-state index in [-0.39, 0.29) is 0 Å². The SMILES string of the molecule is CCCCCCCC(C)(C(=O)O)N(CC)CC. The average Bonchev–Trinajstić information content (AvgIpc) is 2.30. The van der Waals surface area contributed by atoms with Gasteiger partial charge in [-0.25, -0.2) is 0 Å². The van der Waals surface area contributed by atoms with Gasteiger partial charge in [0, 0.05) is 0 Å². The Morgan fingerprint density at radius 2 is 1.59 bits per heavy atom. The largest absolute Gasteiger partial charge is 0.480 e. The van der Waals surface area contributed by atoms with Crippen LogP contribution in [0.1, 0.15) is 66.2 Å². The summed E-state index contributed by atoms with van der Waals surface area (Å²) >= 11 is 0. The molecule has 0 saturated carbocycles. The number of aliphatic carboxylic acids is 1. The molecule has 0 heterocycles. The van der Waals surface area contributed by atoms with Crippen LogP contribution in [0.4, 0.5) is 0 Å². The molecule has 1 N–H and O–H groups in total. The lowest BCUT2D eigenvalue weighted by Gasteiger charge is -2.36. The Balaban J connectivity index is 4.26. The van der Waals surface area contributed by atoms with E-state index >= 15 is 0 Å². The molecule has 0 aliphatic heterocycles. The van der Waals surface area contributed by atoms with Gasteiger partial charge in [-0.2, -0.15) is 0 Å². The first-order chi connectivity index (χ1) is 8.02. The lowest BCUT2D eigenvalue weighted by atomic mass is 9.92. The average molecular weight is 243 g/mol.